The van der Waals surface area contributed by atoms with Crippen LogP contribution in [0.1, 0.15) is 50.0 Å². The molecular formula is C22H25N3O7S. The van der Waals surface area contributed by atoms with Gasteiger partial charge in [0, 0.05) is 17.7 Å². The molecule has 10 nitrogen and oxygen atoms in total. The minimum absolute atomic E-state index is 0.0614. The molecule has 0 spiro atoms. The normalized spacial score (nSPS) is 23.4. The highest BCUT2D eigenvalue weighted by Gasteiger charge is 2.60. The van der Waals surface area contributed by atoms with Crippen LogP contribution in [0.25, 0.3) is 10.4 Å². The fourth-order valence-corrected chi connectivity index (χ4v) is 5.51. The predicted octanol–water partition coefficient (Wildman–Crippen LogP) is 1.87. The Morgan fingerprint density at radius 1 is 1.33 bits per heavy atom. The van der Waals surface area contributed by atoms with E-state index in [0.717, 1.165) is 0 Å². The van der Waals surface area contributed by atoms with Gasteiger partial charge in [-0.2, -0.15) is 0 Å². The van der Waals surface area contributed by atoms with Gasteiger partial charge in [0.2, 0.25) is 12.7 Å². The van der Waals surface area contributed by atoms with E-state index in [4.69, 9.17) is 9.47 Å². The number of nitrogens with zero attached hydrogens (tertiary/aromatic N) is 3. The van der Waals surface area contributed by atoms with Crippen LogP contribution in [0.15, 0.2) is 18.2 Å². The Balaban J connectivity index is 1.69. The molecule has 1 N–H and O–H groups in total. The van der Waals surface area contributed by atoms with Crippen LogP contribution in [0, 0.1) is 17.3 Å². The molecule has 4 heterocycles. The van der Waals surface area contributed by atoms with Gasteiger partial charge in [-0.1, -0.05) is 6.92 Å². The number of carbonyl (C=O) groups excluding carboxylic acids is 4. The van der Waals surface area contributed by atoms with Crippen LogP contribution in [-0.2, 0) is 23.9 Å². The predicted molar refractivity (Wildman–Crippen MR) is 117 cm³/mol. The third-order valence-corrected chi connectivity index (χ3v) is 7.13. The van der Waals surface area contributed by atoms with Crippen molar-refractivity contribution in [1.29, 1.82) is 0 Å². The number of aliphatic hydroxyl groups is 1. The highest BCUT2D eigenvalue weighted by Crippen LogP contribution is 2.51. The molecule has 2 aliphatic rings. The van der Waals surface area contributed by atoms with Crippen LogP contribution in [0.4, 0.5) is 0 Å². The zero-order valence-corrected chi connectivity index (χ0v) is 19.7. The summed E-state index contributed by atoms with van der Waals surface area (Å²) in [6.45, 7) is 7.87. The maximum absolute atomic E-state index is 13.1. The first kappa shape index (κ1) is 23.1. The SMILES string of the molecule is C[C@H]1C(c2cn3cnc(C=O)c3s2)=C(C(=O)OCOC(=O)C(C)(C)C)N2C(=O)[C@H]([C@@H](C)O)C12. The minimum Gasteiger partial charge on any atom is -0.427 e. The molecule has 1 amide bonds. The van der Waals surface area contributed by atoms with Crippen molar-refractivity contribution in [3.05, 3.63) is 28.8 Å². The van der Waals surface area contributed by atoms with E-state index in [2.05, 4.69) is 4.98 Å². The molecule has 1 saturated heterocycles. The summed E-state index contributed by atoms with van der Waals surface area (Å²) in [5, 5.41) is 10.1. The molecule has 11 heteroatoms. The highest BCUT2D eigenvalue weighted by molar-refractivity contribution is 7.18. The molecular weight excluding hydrogens is 450 g/mol. The molecule has 176 valence electrons. The molecule has 0 radical (unpaired) electrons. The number of hydrogen-bond acceptors (Lipinski definition) is 9. The second-order valence-corrected chi connectivity index (χ2v) is 10.3. The number of aldehydes is 1. The van der Waals surface area contributed by atoms with Crippen LogP contribution in [-0.4, -0.2) is 62.5 Å². The van der Waals surface area contributed by atoms with Crippen LogP contribution >= 0.6 is 11.3 Å². The Hall–Kier alpha value is -3.05. The number of amides is 1. The summed E-state index contributed by atoms with van der Waals surface area (Å²) in [5.41, 5.74) is 0.155. The molecule has 2 aromatic rings. The van der Waals surface area contributed by atoms with Gasteiger partial charge in [0.15, 0.2) is 6.29 Å². The lowest BCUT2D eigenvalue weighted by atomic mass is 9.77. The van der Waals surface area contributed by atoms with E-state index >= 15 is 0 Å². The average molecular weight is 476 g/mol. The number of hydrogen-bond donors (Lipinski definition) is 1. The molecule has 0 bridgehead atoms. The lowest BCUT2D eigenvalue weighted by molar-refractivity contribution is -0.175. The second kappa shape index (κ2) is 8.07. The Morgan fingerprint density at radius 3 is 2.64 bits per heavy atom. The Kier molecular flexibility index (Phi) is 5.65. The van der Waals surface area contributed by atoms with E-state index in [-0.39, 0.29) is 23.2 Å². The van der Waals surface area contributed by atoms with Gasteiger partial charge in [-0.15, -0.1) is 11.3 Å². The lowest BCUT2D eigenvalue weighted by Crippen LogP contribution is -2.63. The lowest BCUT2D eigenvalue weighted by Gasteiger charge is -2.46. The molecule has 1 fully saturated rings. The molecule has 33 heavy (non-hydrogen) atoms. The van der Waals surface area contributed by atoms with Crippen molar-refractivity contribution < 1.29 is 33.8 Å². The minimum atomic E-state index is -0.879. The number of imidazole rings is 1. The van der Waals surface area contributed by atoms with E-state index in [1.807, 2.05) is 6.92 Å². The number of ether oxygens (including phenoxy) is 2. The summed E-state index contributed by atoms with van der Waals surface area (Å²) in [7, 11) is 0. The van der Waals surface area contributed by atoms with Gasteiger partial charge < -0.3 is 19.5 Å². The maximum Gasteiger partial charge on any atom is 0.358 e. The smallest absolute Gasteiger partial charge is 0.358 e. The zero-order valence-electron chi connectivity index (χ0n) is 18.9. The largest absolute Gasteiger partial charge is 0.427 e. The third kappa shape index (κ3) is 3.65. The molecule has 4 rings (SSSR count). The second-order valence-electron chi connectivity index (χ2n) is 9.30. The number of carbonyl (C=O) groups is 4. The van der Waals surface area contributed by atoms with Gasteiger partial charge in [0.1, 0.15) is 22.5 Å². The molecule has 4 atom stereocenters. The molecule has 1 unspecified atom stereocenters. The summed E-state index contributed by atoms with van der Waals surface area (Å²) in [5.74, 6) is -2.62. The standard InChI is InChI=1S/C22H25N3O7S/c1-10-14(13-6-24-8-23-12(7-26)19(24)33-13)17(25-16(10)15(11(2)27)18(25)28)20(29)31-9-32-21(30)22(3,4)5/h6-8,10-11,15-16,27H,9H2,1-5H3/t10-,11+,15+,16?/m0/s1. The van der Waals surface area contributed by atoms with E-state index < -0.39 is 42.2 Å². The fourth-order valence-electron chi connectivity index (χ4n) is 4.33. The first-order valence-electron chi connectivity index (χ1n) is 10.5. The molecule has 2 aliphatic heterocycles. The number of rotatable bonds is 6. The van der Waals surface area contributed by atoms with Crippen LogP contribution in [0.3, 0.4) is 0 Å². The quantitative estimate of drug-likeness (QED) is 0.290. The van der Waals surface area contributed by atoms with Crippen molar-refractivity contribution in [2.24, 2.45) is 17.3 Å². The summed E-state index contributed by atoms with van der Waals surface area (Å²) in [4.78, 5) is 55.9. The Bertz CT molecular complexity index is 1190. The average Bonchev–Trinajstić information content (AvgIpc) is 3.36. The van der Waals surface area contributed by atoms with Crippen molar-refractivity contribution >= 4 is 45.9 Å². The van der Waals surface area contributed by atoms with Gasteiger partial charge in [-0.3, -0.25) is 18.8 Å². The van der Waals surface area contributed by atoms with Crippen LogP contribution in [0.2, 0.25) is 0 Å². The third-order valence-electron chi connectivity index (χ3n) is 5.97. The van der Waals surface area contributed by atoms with Crippen molar-refractivity contribution in [3.63, 3.8) is 0 Å². The van der Waals surface area contributed by atoms with Crippen molar-refractivity contribution in [2.75, 3.05) is 6.79 Å². The van der Waals surface area contributed by atoms with Crippen LogP contribution in [0.5, 0.6) is 0 Å². The molecule has 0 aliphatic carbocycles. The number of aliphatic hydroxyl groups excluding tert-OH is 1. The van der Waals surface area contributed by atoms with E-state index in [0.29, 0.717) is 21.6 Å². The number of aromatic nitrogens is 2. The maximum atomic E-state index is 13.1. The van der Waals surface area contributed by atoms with E-state index in [1.165, 1.54) is 22.6 Å². The molecule has 0 saturated carbocycles. The van der Waals surface area contributed by atoms with E-state index in [1.54, 1.807) is 38.3 Å². The van der Waals surface area contributed by atoms with Gasteiger partial charge >= 0.3 is 11.9 Å². The number of thiazole rings is 1. The van der Waals surface area contributed by atoms with Gasteiger partial charge in [-0.25, -0.2) is 9.78 Å². The Labute approximate surface area is 193 Å². The zero-order chi connectivity index (χ0) is 24.2. The van der Waals surface area contributed by atoms with Gasteiger partial charge in [0.05, 0.1) is 28.4 Å². The monoisotopic (exact) mass is 475 g/mol. The summed E-state index contributed by atoms with van der Waals surface area (Å²) in [6, 6.07) is -0.405. The first-order valence-corrected chi connectivity index (χ1v) is 11.3. The summed E-state index contributed by atoms with van der Waals surface area (Å²) >= 11 is 1.27. The van der Waals surface area contributed by atoms with Crippen molar-refractivity contribution in [3.8, 4) is 0 Å². The van der Waals surface area contributed by atoms with Gasteiger partial charge in [0.25, 0.3) is 0 Å². The summed E-state index contributed by atoms with van der Waals surface area (Å²) in [6.07, 6.45) is 3.02. The molecule has 0 aromatic carbocycles. The van der Waals surface area contributed by atoms with Gasteiger partial charge in [-0.05, 0) is 27.7 Å². The summed E-state index contributed by atoms with van der Waals surface area (Å²) < 4.78 is 11.9. The van der Waals surface area contributed by atoms with E-state index in [9.17, 15) is 24.3 Å². The first-order chi connectivity index (χ1) is 15.5. The highest BCUT2D eigenvalue weighted by atomic mass is 32.1. The number of fused-ring (bicyclic) bond motifs is 2. The topological polar surface area (TPSA) is 128 Å². The number of esters is 2. The Morgan fingerprint density at radius 2 is 2.03 bits per heavy atom. The van der Waals surface area contributed by atoms with Crippen LogP contribution < -0.4 is 0 Å². The van der Waals surface area contributed by atoms with Crippen molar-refractivity contribution in [1.82, 2.24) is 14.3 Å². The van der Waals surface area contributed by atoms with Crippen molar-refractivity contribution in [2.45, 2.75) is 46.8 Å². The fraction of sp³-hybridized carbons (Fsp3) is 0.500. The molecule has 2 aromatic heterocycles. The number of β-lactam (4-membered cyclic amide) rings is 1.